The molecule has 1 rings (SSSR count). The minimum Gasteiger partial charge on any atom is -0.370 e. The van der Waals surface area contributed by atoms with E-state index in [1.807, 2.05) is 6.07 Å². The second-order valence-corrected chi connectivity index (χ2v) is 3.37. The third kappa shape index (κ3) is 3.38. The molecule has 0 radical (unpaired) electrons. The lowest BCUT2D eigenvalue weighted by atomic mass is 10.4. The number of hydrogen-bond acceptors (Lipinski definition) is 4. The lowest BCUT2D eigenvalue weighted by Crippen LogP contribution is -2.24. The fourth-order valence-corrected chi connectivity index (χ4v) is 1.50. The molecule has 4 nitrogen and oxygen atoms in total. The van der Waals surface area contributed by atoms with Crippen molar-refractivity contribution < 1.29 is 0 Å². The molecule has 0 aromatic carbocycles. The second kappa shape index (κ2) is 6.22. The molecule has 0 unspecified atom stereocenters. The number of rotatable bonds is 6. The normalized spacial score (nSPS) is 10.1. The van der Waals surface area contributed by atoms with Crippen LogP contribution in [-0.4, -0.2) is 29.6 Å². The zero-order chi connectivity index (χ0) is 11.1. The Morgan fingerprint density at radius 3 is 2.67 bits per heavy atom. The van der Waals surface area contributed by atoms with Gasteiger partial charge in [-0.15, -0.1) is 0 Å². The molecule has 84 valence electrons. The largest absolute Gasteiger partial charge is 0.370 e. The number of anilines is 2. The molecule has 0 amide bonds. The summed E-state index contributed by atoms with van der Waals surface area (Å²) in [5, 5.41) is 3.19. The summed E-state index contributed by atoms with van der Waals surface area (Å²) in [6.07, 6.45) is 2.75. The third-order valence-electron chi connectivity index (χ3n) is 2.21. The average molecular weight is 208 g/mol. The van der Waals surface area contributed by atoms with Gasteiger partial charge in [0.05, 0.1) is 0 Å². The van der Waals surface area contributed by atoms with Crippen LogP contribution in [0.25, 0.3) is 0 Å². The number of nitrogens with one attached hydrogen (secondary N) is 1. The fourth-order valence-electron chi connectivity index (χ4n) is 1.50. The van der Waals surface area contributed by atoms with Crippen molar-refractivity contribution in [2.45, 2.75) is 27.2 Å². The molecule has 0 saturated heterocycles. The summed E-state index contributed by atoms with van der Waals surface area (Å²) in [7, 11) is 0. The van der Waals surface area contributed by atoms with E-state index >= 15 is 0 Å². The lowest BCUT2D eigenvalue weighted by molar-refractivity contribution is 0.776. The predicted molar refractivity (Wildman–Crippen MR) is 64.4 cm³/mol. The Bertz CT molecular complexity index is 288. The van der Waals surface area contributed by atoms with E-state index in [0.717, 1.165) is 37.7 Å². The Hall–Kier alpha value is -1.32. The maximum Gasteiger partial charge on any atom is 0.134 e. The van der Waals surface area contributed by atoms with E-state index in [1.165, 1.54) is 0 Å². The SMILES string of the molecule is CCCN(CC)c1cc(NCC)ncn1. The minimum absolute atomic E-state index is 0.885. The molecule has 0 saturated carbocycles. The molecule has 0 aliphatic heterocycles. The first-order valence-electron chi connectivity index (χ1n) is 5.62. The molecule has 1 heterocycles. The fraction of sp³-hybridized carbons (Fsp3) is 0.636. The van der Waals surface area contributed by atoms with Crippen molar-refractivity contribution in [2.24, 2.45) is 0 Å². The molecule has 0 aliphatic carbocycles. The number of hydrogen-bond donors (Lipinski definition) is 1. The highest BCUT2D eigenvalue weighted by molar-refractivity contribution is 5.48. The van der Waals surface area contributed by atoms with Crippen molar-refractivity contribution in [2.75, 3.05) is 29.9 Å². The van der Waals surface area contributed by atoms with Crippen LogP contribution in [0.2, 0.25) is 0 Å². The first-order valence-corrected chi connectivity index (χ1v) is 5.62. The van der Waals surface area contributed by atoms with E-state index in [4.69, 9.17) is 0 Å². The van der Waals surface area contributed by atoms with Crippen LogP contribution < -0.4 is 10.2 Å². The zero-order valence-corrected chi connectivity index (χ0v) is 9.82. The van der Waals surface area contributed by atoms with Crippen LogP contribution in [0.5, 0.6) is 0 Å². The van der Waals surface area contributed by atoms with Gasteiger partial charge >= 0.3 is 0 Å². The first kappa shape index (κ1) is 11.8. The van der Waals surface area contributed by atoms with Crippen molar-refractivity contribution in [3.63, 3.8) is 0 Å². The van der Waals surface area contributed by atoms with Gasteiger partial charge < -0.3 is 10.2 Å². The maximum absolute atomic E-state index is 4.29. The van der Waals surface area contributed by atoms with Crippen LogP contribution in [0.15, 0.2) is 12.4 Å². The molecule has 0 atom stereocenters. The van der Waals surface area contributed by atoms with Gasteiger partial charge in [-0.25, -0.2) is 9.97 Å². The van der Waals surface area contributed by atoms with Crippen LogP contribution in [0, 0.1) is 0 Å². The monoisotopic (exact) mass is 208 g/mol. The van der Waals surface area contributed by atoms with Gasteiger partial charge in [-0.05, 0) is 20.3 Å². The molecule has 1 N–H and O–H groups in total. The van der Waals surface area contributed by atoms with E-state index in [2.05, 4.69) is 41.0 Å². The molecular weight excluding hydrogens is 188 g/mol. The van der Waals surface area contributed by atoms with Crippen LogP contribution in [0.1, 0.15) is 27.2 Å². The summed E-state index contributed by atoms with van der Waals surface area (Å²) in [5.41, 5.74) is 0. The van der Waals surface area contributed by atoms with Gasteiger partial charge in [0.1, 0.15) is 18.0 Å². The molecular formula is C11H20N4. The van der Waals surface area contributed by atoms with Crippen molar-refractivity contribution in [1.82, 2.24) is 9.97 Å². The van der Waals surface area contributed by atoms with Crippen molar-refractivity contribution in [1.29, 1.82) is 0 Å². The first-order chi connectivity index (χ1) is 7.31. The van der Waals surface area contributed by atoms with Gasteiger partial charge in [0, 0.05) is 25.7 Å². The van der Waals surface area contributed by atoms with Gasteiger partial charge in [-0.2, -0.15) is 0 Å². The van der Waals surface area contributed by atoms with E-state index in [9.17, 15) is 0 Å². The van der Waals surface area contributed by atoms with Gasteiger partial charge in [-0.3, -0.25) is 0 Å². The molecule has 1 aromatic heterocycles. The maximum atomic E-state index is 4.29. The third-order valence-corrected chi connectivity index (χ3v) is 2.21. The molecule has 0 aliphatic rings. The van der Waals surface area contributed by atoms with Gasteiger partial charge in [0.2, 0.25) is 0 Å². The predicted octanol–water partition coefficient (Wildman–Crippen LogP) is 2.14. The highest BCUT2D eigenvalue weighted by Gasteiger charge is 2.05. The van der Waals surface area contributed by atoms with E-state index in [0.29, 0.717) is 0 Å². The Balaban J connectivity index is 2.77. The Kier molecular flexibility index (Phi) is 4.87. The molecule has 15 heavy (non-hydrogen) atoms. The van der Waals surface area contributed by atoms with Crippen LogP contribution in [0.3, 0.4) is 0 Å². The lowest BCUT2D eigenvalue weighted by Gasteiger charge is -2.21. The highest BCUT2D eigenvalue weighted by Crippen LogP contribution is 2.13. The number of nitrogens with zero attached hydrogens (tertiary/aromatic N) is 3. The number of aromatic nitrogens is 2. The molecule has 0 spiro atoms. The molecule has 1 aromatic rings. The van der Waals surface area contributed by atoms with E-state index in [1.54, 1.807) is 6.33 Å². The van der Waals surface area contributed by atoms with Gasteiger partial charge in [-0.1, -0.05) is 6.92 Å². The van der Waals surface area contributed by atoms with Crippen LogP contribution >= 0.6 is 0 Å². The van der Waals surface area contributed by atoms with Gasteiger partial charge in [0.25, 0.3) is 0 Å². The standard InChI is InChI=1S/C11H20N4/c1-4-7-15(6-3)11-8-10(12-5-2)13-9-14-11/h8-9H,4-7H2,1-3H3,(H,12,13,14). The quantitative estimate of drug-likeness (QED) is 0.777. The van der Waals surface area contributed by atoms with Crippen LogP contribution in [-0.2, 0) is 0 Å². The Morgan fingerprint density at radius 2 is 2.07 bits per heavy atom. The summed E-state index contributed by atoms with van der Waals surface area (Å²) in [6, 6.07) is 2.00. The van der Waals surface area contributed by atoms with Crippen molar-refractivity contribution in [3.05, 3.63) is 12.4 Å². The van der Waals surface area contributed by atoms with Crippen molar-refractivity contribution >= 4 is 11.6 Å². The summed E-state index contributed by atoms with van der Waals surface area (Å²) in [4.78, 5) is 10.7. The summed E-state index contributed by atoms with van der Waals surface area (Å²) >= 11 is 0. The minimum atomic E-state index is 0.885. The van der Waals surface area contributed by atoms with E-state index < -0.39 is 0 Å². The smallest absolute Gasteiger partial charge is 0.134 e. The highest BCUT2D eigenvalue weighted by atomic mass is 15.2. The molecule has 0 fully saturated rings. The van der Waals surface area contributed by atoms with Crippen LogP contribution in [0.4, 0.5) is 11.6 Å². The molecule has 0 bridgehead atoms. The summed E-state index contributed by atoms with van der Waals surface area (Å²) in [6.45, 7) is 9.29. The topological polar surface area (TPSA) is 41.0 Å². The van der Waals surface area contributed by atoms with E-state index in [-0.39, 0.29) is 0 Å². The summed E-state index contributed by atoms with van der Waals surface area (Å²) in [5.74, 6) is 1.90. The molecule has 4 heteroatoms. The zero-order valence-electron chi connectivity index (χ0n) is 9.82. The Labute approximate surface area is 91.7 Å². The average Bonchev–Trinajstić information content (AvgIpc) is 2.27. The Morgan fingerprint density at radius 1 is 1.27 bits per heavy atom. The van der Waals surface area contributed by atoms with Crippen molar-refractivity contribution in [3.8, 4) is 0 Å². The van der Waals surface area contributed by atoms with Gasteiger partial charge in [0.15, 0.2) is 0 Å². The second-order valence-electron chi connectivity index (χ2n) is 3.37. The summed E-state index contributed by atoms with van der Waals surface area (Å²) < 4.78 is 0.